The Labute approximate surface area is 175 Å². The van der Waals surface area contributed by atoms with E-state index < -0.39 is 23.1 Å². The number of hydrogen-bond acceptors (Lipinski definition) is 7. The molecule has 10 nitrogen and oxygen atoms in total. The van der Waals surface area contributed by atoms with Crippen LogP contribution in [0, 0.1) is 5.21 Å². The highest BCUT2D eigenvalue weighted by Gasteiger charge is 2.58. The Morgan fingerprint density at radius 3 is 2.37 bits per heavy atom. The largest absolute Gasteiger partial charge is 0.714 e. The molecule has 1 heterocycles. The van der Waals surface area contributed by atoms with Gasteiger partial charge in [0, 0.05) is 6.42 Å². The molecule has 0 bridgehead atoms. The van der Waals surface area contributed by atoms with Crippen molar-refractivity contribution in [3.05, 3.63) is 35.0 Å². The second kappa shape index (κ2) is 8.88. The van der Waals surface area contributed by atoms with Crippen molar-refractivity contribution in [3.8, 4) is 5.75 Å². The van der Waals surface area contributed by atoms with Crippen LogP contribution in [0.1, 0.15) is 46.1 Å². The number of hydrogen-bond donors (Lipinski definition) is 4. The van der Waals surface area contributed by atoms with Crippen LogP contribution in [-0.4, -0.2) is 68.1 Å². The third-order valence-electron chi connectivity index (χ3n) is 5.73. The van der Waals surface area contributed by atoms with Crippen molar-refractivity contribution < 1.29 is 29.4 Å². The minimum Gasteiger partial charge on any atom is -0.714 e. The zero-order chi connectivity index (χ0) is 22.7. The predicted molar refractivity (Wildman–Crippen MR) is 109 cm³/mol. The van der Waals surface area contributed by atoms with Crippen LogP contribution >= 0.6 is 0 Å². The van der Waals surface area contributed by atoms with E-state index in [2.05, 4.69) is 5.32 Å². The van der Waals surface area contributed by atoms with E-state index in [0.717, 1.165) is 9.80 Å². The second-order valence-electron chi connectivity index (χ2n) is 8.25. The number of rotatable bonds is 9. The van der Waals surface area contributed by atoms with Gasteiger partial charge in [0.05, 0.1) is 12.1 Å². The highest BCUT2D eigenvalue weighted by Crippen LogP contribution is 2.37. The molecule has 166 valence electrons. The molecule has 5 N–H and O–H groups in total. The Balaban J connectivity index is 1.87. The van der Waals surface area contributed by atoms with E-state index in [-0.39, 0.29) is 37.7 Å². The van der Waals surface area contributed by atoms with Crippen molar-refractivity contribution in [2.24, 2.45) is 5.73 Å². The number of amides is 1. The Bertz CT molecular complexity index is 819. The molecule has 0 spiro atoms. The molecule has 0 aliphatic carbocycles. The minimum atomic E-state index is -1.14. The first-order chi connectivity index (χ1) is 13.9. The molecule has 0 fully saturated rings. The number of benzene rings is 1. The van der Waals surface area contributed by atoms with Crippen molar-refractivity contribution in [2.75, 3.05) is 13.2 Å². The number of nitrogens with zero attached hydrogens (tertiary/aromatic N) is 2. The summed E-state index contributed by atoms with van der Waals surface area (Å²) in [6.45, 7) is 7.61. The van der Waals surface area contributed by atoms with Gasteiger partial charge in [-0.2, -0.15) is 0 Å². The maximum Gasteiger partial charge on any atom is 0.320 e. The number of nitrogens with two attached hydrogens (primary N) is 1. The fourth-order valence-electron chi connectivity index (χ4n) is 2.92. The number of nitrogens with one attached hydrogen (secondary N) is 1. The Kier molecular flexibility index (Phi) is 6.94. The van der Waals surface area contributed by atoms with Crippen LogP contribution in [0.5, 0.6) is 5.75 Å². The third-order valence-corrected chi connectivity index (χ3v) is 5.73. The van der Waals surface area contributed by atoms with Gasteiger partial charge in [0.25, 0.3) is 0 Å². The molecule has 1 atom stereocenters. The van der Waals surface area contributed by atoms with Crippen molar-refractivity contribution >= 4 is 17.7 Å². The van der Waals surface area contributed by atoms with E-state index in [4.69, 9.17) is 15.6 Å². The second-order valence-corrected chi connectivity index (χ2v) is 8.25. The number of hydroxylamine groups is 3. The van der Waals surface area contributed by atoms with Gasteiger partial charge >= 0.3 is 11.8 Å². The number of carboxylic acid groups (broad SMARTS) is 1. The number of aliphatic carboxylic acids is 1. The molecule has 10 heteroatoms. The lowest BCUT2D eigenvalue weighted by Gasteiger charge is -2.33. The van der Waals surface area contributed by atoms with Crippen LogP contribution < -0.4 is 15.8 Å². The SMILES string of the molecule is CC1(C)N(O)C(c2ccc(OCCNC(=O)CC[C@H](N)C(=O)O)cc2)=[N+]([O-])C1(C)C. The highest BCUT2D eigenvalue weighted by atomic mass is 16.5. The van der Waals surface area contributed by atoms with Gasteiger partial charge in [-0.15, -0.1) is 5.06 Å². The summed E-state index contributed by atoms with van der Waals surface area (Å²) in [4.78, 5) is 22.3. The molecule has 2 rings (SSSR count). The normalized spacial score (nSPS) is 18.3. The molecule has 1 aliphatic heterocycles. The smallest absolute Gasteiger partial charge is 0.320 e. The van der Waals surface area contributed by atoms with Gasteiger partial charge in [-0.1, -0.05) is 0 Å². The number of ether oxygens (including phenoxy) is 1. The zero-order valence-corrected chi connectivity index (χ0v) is 17.7. The monoisotopic (exact) mass is 422 g/mol. The minimum absolute atomic E-state index is 0.0246. The third kappa shape index (κ3) is 4.65. The fraction of sp³-hybridized carbons (Fsp3) is 0.550. The Morgan fingerprint density at radius 1 is 1.27 bits per heavy atom. The van der Waals surface area contributed by atoms with Gasteiger partial charge in [0.1, 0.15) is 23.9 Å². The molecule has 1 amide bonds. The van der Waals surface area contributed by atoms with E-state index in [1.807, 2.05) is 0 Å². The molecular weight excluding hydrogens is 392 g/mol. The lowest BCUT2D eigenvalue weighted by Crippen LogP contribution is -2.53. The van der Waals surface area contributed by atoms with Crippen molar-refractivity contribution in [3.63, 3.8) is 0 Å². The van der Waals surface area contributed by atoms with Gasteiger partial charge in [-0.05, 0) is 58.4 Å². The standard InChI is InChI=1S/C20H30N4O6/c1-19(2)20(3,4)24(29)17(23(19)28)13-5-7-14(8-6-13)30-12-11-22-16(25)10-9-15(21)18(26)27/h5-8,15,28H,9-12,21H2,1-4H3,(H,22,25)(H,26,27)/t15-/m0/s1. The molecule has 0 saturated carbocycles. The summed E-state index contributed by atoms with van der Waals surface area (Å²) in [6.07, 6.45) is 0.0887. The summed E-state index contributed by atoms with van der Waals surface area (Å²) in [5.41, 5.74) is 4.32. The summed E-state index contributed by atoms with van der Waals surface area (Å²) < 4.78 is 6.38. The summed E-state index contributed by atoms with van der Waals surface area (Å²) in [7, 11) is 0. The molecule has 0 radical (unpaired) electrons. The van der Waals surface area contributed by atoms with Gasteiger partial charge < -0.3 is 26.1 Å². The first-order valence-corrected chi connectivity index (χ1v) is 9.71. The molecule has 30 heavy (non-hydrogen) atoms. The maximum atomic E-state index is 12.7. The van der Waals surface area contributed by atoms with E-state index in [9.17, 15) is 20.0 Å². The summed E-state index contributed by atoms with van der Waals surface area (Å²) in [6, 6.07) is 5.66. The van der Waals surface area contributed by atoms with E-state index in [1.165, 1.54) is 0 Å². The van der Waals surface area contributed by atoms with Gasteiger partial charge in [-0.3, -0.25) is 14.3 Å². The van der Waals surface area contributed by atoms with Crippen LogP contribution in [0.2, 0.25) is 0 Å². The van der Waals surface area contributed by atoms with Crippen LogP contribution in [0.4, 0.5) is 0 Å². The number of carboxylic acids is 1. The lowest BCUT2D eigenvalue weighted by molar-refractivity contribution is -0.539. The molecule has 0 saturated heterocycles. The topological polar surface area (TPSA) is 151 Å². The van der Waals surface area contributed by atoms with Crippen molar-refractivity contribution in [2.45, 2.75) is 57.7 Å². The molecule has 1 aromatic rings. The first-order valence-electron chi connectivity index (χ1n) is 9.71. The molecular formula is C20H30N4O6. The van der Waals surface area contributed by atoms with Gasteiger partial charge in [0.2, 0.25) is 5.91 Å². The summed E-state index contributed by atoms with van der Waals surface area (Å²) in [5, 5.41) is 35.6. The summed E-state index contributed by atoms with van der Waals surface area (Å²) >= 11 is 0. The quantitative estimate of drug-likeness (QED) is 0.260. The molecule has 1 aromatic carbocycles. The van der Waals surface area contributed by atoms with Crippen LogP contribution in [0.25, 0.3) is 0 Å². The highest BCUT2D eigenvalue weighted by molar-refractivity contribution is 5.96. The van der Waals surface area contributed by atoms with Crippen molar-refractivity contribution in [1.29, 1.82) is 0 Å². The summed E-state index contributed by atoms with van der Waals surface area (Å²) in [5.74, 6) is -0.725. The molecule has 1 aliphatic rings. The van der Waals surface area contributed by atoms with Crippen molar-refractivity contribution in [1.82, 2.24) is 10.4 Å². The molecule has 0 aromatic heterocycles. The average molecular weight is 422 g/mol. The van der Waals surface area contributed by atoms with E-state index in [0.29, 0.717) is 11.3 Å². The van der Waals surface area contributed by atoms with Gasteiger partial charge in [0.15, 0.2) is 5.54 Å². The number of amidine groups is 1. The lowest BCUT2D eigenvalue weighted by atomic mass is 9.84. The Hall–Kier alpha value is -2.85. The van der Waals surface area contributed by atoms with Gasteiger partial charge in [-0.25, -0.2) is 5.21 Å². The van der Waals surface area contributed by atoms with E-state index >= 15 is 0 Å². The fourth-order valence-corrected chi connectivity index (χ4v) is 2.92. The predicted octanol–water partition coefficient (Wildman–Crippen LogP) is 0.893. The van der Waals surface area contributed by atoms with E-state index in [1.54, 1.807) is 52.0 Å². The Morgan fingerprint density at radius 2 is 1.87 bits per heavy atom. The zero-order valence-electron chi connectivity index (χ0n) is 17.7. The molecule has 0 unspecified atom stereocenters. The van der Waals surface area contributed by atoms with Crippen LogP contribution in [0.3, 0.4) is 0 Å². The number of carbonyl (C=O) groups excluding carboxylic acids is 1. The average Bonchev–Trinajstić information content (AvgIpc) is 2.80. The maximum absolute atomic E-state index is 12.7. The first kappa shape index (κ1) is 23.4. The number of carbonyl (C=O) groups is 2. The van der Waals surface area contributed by atoms with Crippen LogP contribution in [-0.2, 0) is 9.59 Å². The van der Waals surface area contributed by atoms with Crippen LogP contribution in [0.15, 0.2) is 24.3 Å².